The molecule has 0 saturated carbocycles. The van der Waals surface area contributed by atoms with Crippen LogP contribution in [-0.4, -0.2) is 22.3 Å². The maximum atomic E-state index is 10.7. The summed E-state index contributed by atoms with van der Waals surface area (Å²) in [6.45, 7) is 0. The van der Waals surface area contributed by atoms with Gasteiger partial charge in [0.25, 0.3) is 11.4 Å². The molecule has 0 atom stereocenters. The van der Waals surface area contributed by atoms with E-state index >= 15 is 0 Å². The number of aliphatic imine (C=N–C) groups is 2. The highest BCUT2D eigenvalue weighted by atomic mass is 16.6. The van der Waals surface area contributed by atoms with Crippen LogP contribution in [-0.2, 0) is 6.42 Å². The van der Waals surface area contributed by atoms with Crippen molar-refractivity contribution in [3.8, 4) is 0 Å². The number of rotatable bonds is 8. The molecule has 4 aromatic rings. The van der Waals surface area contributed by atoms with Crippen molar-refractivity contribution < 1.29 is 9.85 Å². The topological polar surface area (TPSA) is 111 Å². The van der Waals surface area contributed by atoms with E-state index in [1.165, 1.54) is 24.3 Å². The van der Waals surface area contributed by atoms with Gasteiger partial charge in [-0.1, -0.05) is 24.3 Å². The molecule has 0 heterocycles. The summed E-state index contributed by atoms with van der Waals surface area (Å²) in [4.78, 5) is 29.5. The lowest BCUT2D eigenvalue weighted by molar-refractivity contribution is -0.385. The van der Waals surface area contributed by atoms with Crippen LogP contribution in [0.2, 0.25) is 0 Å². The molecular formula is C27H20N4O4. The lowest BCUT2D eigenvalue weighted by Crippen LogP contribution is -1.89. The highest BCUT2D eigenvalue weighted by Gasteiger charge is 2.04. The summed E-state index contributed by atoms with van der Waals surface area (Å²) in [5, 5.41) is 21.5. The van der Waals surface area contributed by atoms with Crippen LogP contribution in [0.1, 0.15) is 22.3 Å². The Hall–Kier alpha value is -4.98. The Kier molecular flexibility index (Phi) is 7.13. The molecule has 0 aliphatic heterocycles. The monoisotopic (exact) mass is 464 g/mol. The molecule has 0 aliphatic carbocycles. The zero-order valence-electron chi connectivity index (χ0n) is 18.5. The summed E-state index contributed by atoms with van der Waals surface area (Å²) < 4.78 is 0. The van der Waals surface area contributed by atoms with Crippen LogP contribution in [0, 0.1) is 20.2 Å². The smallest absolute Gasteiger partial charge is 0.258 e. The van der Waals surface area contributed by atoms with Crippen LogP contribution in [0.5, 0.6) is 0 Å². The summed E-state index contributed by atoms with van der Waals surface area (Å²) >= 11 is 0. The van der Waals surface area contributed by atoms with Crippen LogP contribution in [0.25, 0.3) is 0 Å². The standard InChI is InChI=1S/C27H20N4O4/c32-30(33)26-13-5-22(6-14-26)18-28-24-9-1-20(2-10-24)17-21-3-11-25(12-4-21)29-19-23-7-15-27(16-8-23)31(34)35/h1-16,18-19H,17H2. The van der Waals surface area contributed by atoms with Gasteiger partial charge < -0.3 is 0 Å². The average molecular weight is 464 g/mol. The Balaban J connectivity index is 1.33. The molecule has 4 aromatic carbocycles. The first-order valence-corrected chi connectivity index (χ1v) is 10.7. The van der Waals surface area contributed by atoms with Crippen molar-refractivity contribution in [3.05, 3.63) is 140 Å². The minimum absolute atomic E-state index is 0.0517. The molecule has 0 spiro atoms. The van der Waals surface area contributed by atoms with Crippen LogP contribution in [0.3, 0.4) is 0 Å². The lowest BCUT2D eigenvalue weighted by atomic mass is 10.0. The predicted molar refractivity (Wildman–Crippen MR) is 136 cm³/mol. The zero-order chi connectivity index (χ0) is 24.6. The van der Waals surface area contributed by atoms with Gasteiger partial charge in [-0.25, -0.2) is 0 Å². The summed E-state index contributed by atoms with van der Waals surface area (Å²) in [5.41, 5.74) is 5.55. The van der Waals surface area contributed by atoms with Gasteiger partial charge >= 0.3 is 0 Å². The fourth-order valence-corrected chi connectivity index (χ4v) is 3.30. The minimum atomic E-state index is -0.428. The second kappa shape index (κ2) is 10.8. The van der Waals surface area contributed by atoms with Gasteiger partial charge in [-0.2, -0.15) is 0 Å². The van der Waals surface area contributed by atoms with E-state index < -0.39 is 9.85 Å². The van der Waals surface area contributed by atoms with E-state index in [0.717, 1.165) is 40.0 Å². The van der Waals surface area contributed by atoms with E-state index in [0.29, 0.717) is 0 Å². The summed E-state index contributed by atoms with van der Waals surface area (Å²) in [7, 11) is 0. The predicted octanol–water partition coefficient (Wildman–Crippen LogP) is 6.60. The lowest BCUT2D eigenvalue weighted by Gasteiger charge is -2.03. The maximum Gasteiger partial charge on any atom is 0.269 e. The zero-order valence-corrected chi connectivity index (χ0v) is 18.5. The van der Waals surface area contributed by atoms with Gasteiger partial charge in [-0.05, 0) is 77.2 Å². The minimum Gasteiger partial charge on any atom is -0.258 e. The van der Waals surface area contributed by atoms with Crippen LogP contribution in [0.15, 0.2) is 107 Å². The SMILES string of the molecule is O=[N+]([O-])c1ccc(C=Nc2ccc(Cc3ccc(N=Cc4ccc([N+](=O)[O-])cc4)cc3)cc2)cc1. The fourth-order valence-electron chi connectivity index (χ4n) is 3.30. The Morgan fingerprint density at radius 2 is 0.886 bits per heavy atom. The molecule has 0 N–H and O–H groups in total. The van der Waals surface area contributed by atoms with Crippen molar-refractivity contribution in [2.24, 2.45) is 9.98 Å². The van der Waals surface area contributed by atoms with E-state index in [4.69, 9.17) is 0 Å². The van der Waals surface area contributed by atoms with Crippen LogP contribution < -0.4 is 0 Å². The van der Waals surface area contributed by atoms with Gasteiger partial charge in [0.15, 0.2) is 0 Å². The van der Waals surface area contributed by atoms with Crippen molar-refractivity contribution in [1.29, 1.82) is 0 Å². The quantitative estimate of drug-likeness (QED) is 0.166. The second-order valence-corrected chi connectivity index (χ2v) is 7.72. The van der Waals surface area contributed by atoms with Gasteiger partial charge in [-0.3, -0.25) is 30.2 Å². The number of nitro groups is 2. The molecule has 172 valence electrons. The Morgan fingerprint density at radius 1 is 0.543 bits per heavy atom. The van der Waals surface area contributed by atoms with Crippen molar-refractivity contribution in [3.63, 3.8) is 0 Å². The molecule has 0 fully saturated rings. The number of benzene rings is 4. The largest absolute Gasteiger partial charge is 0.269 e. The molecule has 0 amide bonds. The van der Waals surface area contributed by atoms with E-state index in [2.05, 4.69) is 9.98 Å². The highest BCUT2D eigenvalue weighted by Crippen LogP contribution is 2.19. The third kappa shape index (κ3) is 6.52. The average Bonchev–Trinajstić information content (AvgIpc) is 2.88. The van der Waals surface area contributed by atoms with E-state index in [-0.39, 0.29) is 11.4 Å². The molecule has 0 saturated heterocycles. The highest BCUT2D eigenvalue weighted by molar-refractivity contribution is 5.83. The molecule has 8 nitrogen and oxygen atoms in total. The molecule has 0 aliphatic rings. The van der Waals surface area contributed by atoms with E-state index in [1.54, 1.807) is 36.7 Å². The summed E-state index contributed by atoms with van der Waals surface area (Å²) in [6, 6.07) is 28.3. The first kappa shape index (κ1) is 23.2. The van der Waals surface area contributed by atoms with Crippen molar-refractivity contribution in [2.45, 2.75) is 6.42 Å². The normalized spacial score (nSPS) is 11.2. The molecule has 8 heteroatoms. The summed E-state index contributed by atoms with van der Waals surface area (Å²) in [6.07, 6.45) is 4.11. The Labute approximate surface area is 201 Å². The van der Waals surface area contributed by atoms with E-state index in [9.17, 15) is 20.2 Å². The number of nitrogens with zero attached hydrogens (tertiary/aromatic N) is 4. The van der Waals surface area contributed by atoms with Gasteiger partial charge in [0.1, 0.15) is 0 Å². The molecular weight excluding hydrogens is 444 g/mol. The van der Waals surface area contributed by atoms with Crippen LogP contribution >= 0.6 is 0 Å². The van der Waals surface area contributed by atoms with Crippen molar-refractivity contribution in [2.75, 3.05) is 0 Å². The van der Waals surface area contributed by atoms with Gasteiger partial charge in [0.05, 0.1) is 21.2 Å². The second-order valence-electron chi connectivity index (χ2n) is 7.72. The number of hydrogen-bond acceptors (Lipinski definition) is 6. The van der Waals surface area contributed by atoms with Crippen molar-refractivity contribution >= 4 is 35.2 Å². The van der Waals surface area contributed by atoms with Crippen LogP contribution in [0.4, 0.5) is 22.7 Å². The summed E-state index contributed by atoms with van der Waals surface area (Å²) in [5.74, 6) is 0. The molecule has 0 aromatic heterocycles. The number of non-ortho nitro benzene ring substituents is 2. The Morgan fingerprint density at radius 3 is 1.20 bits per heavy atom. The Bertz CT molecular complexity index is 1270. The number of nitro benzene ring substituents is 2. The number of hydrogen-bond donors (Lipinski definition) is 0. The van der Waals surface area contributed by atoms with Gasteiger partial charge in [0.2, 0.25) is 0 Å². The van der Waals surface area contributed by atoms with Gasteiger partial charge in [0, 0.05) is 36.7 Å². The van der Waals surface area contributed by atoms with Crippen molar-refractivity contribution in [1.82, 2.24) is 0 Å². The maximum absolute atomic E-state index is 10.7. The van der Waals surface area contributed by atoms with Gasteiger partial charge in [-0.15, -0.1) is 0 Å². The molecule has 0 bridgehead atoms. The molecule has 4 rings (SSSR count). The first-order chi connectivity index (χ1) is 17.0. The molecule has 0 unspecified atom stereocenters. The molecule has 35 heavy (non-hydrogen) atoms. The first-order valence-electron chi connectivity index (χ1n) is 10.7. The van der Waals surface area contributed by atoms with E-state index in [1.807, 2.05) is 48.5 Å². The molecule has 0 radical (unpaired) electrons. The fraction of sp³-hybridized carbons (Fsp3) is 0.0370. The third-order valence-electron chi connectivity index (χ3n) is 5.21. The third-order valence-corrected chi connectivity index (χ3v) is 5.21.